The lowest BCUT2D eigenvalue weighted by molar-refractivity contribution is 0.0724. The van der Waals surface area contributed by atoms with E-state index in [1.807, 2.05) is 23.1 Å². The van der Waals surface area contributed by atoms with E-state index in [1.165, 1.54) is 6.42 Å². The van der Waals surface area contributed by atoms with Crippen molar-refractivity contribution in [3.63, 3.8) is 0 Å². The number of para-hydroxylation sites is 1. The zero-order chi connectivity index (χ0) is 19.3. The normalized spacial score (nSPS) is 16.4. The first-order valence-electron chi connectivity index (χ1n) is 9.78. The Bertz CT molecular complexity index is 853. The first kappa shape index (κ1) is 18.9. The number of ether oxygens (including phenoxy) is 2. The van der Waals surface area contributed by atoms with Crippen molar-refractivity contribution >= 4 is 23.3 Å². The Morgan fingerprint density at radius 1 is 1.14 bits per heavy atom. The molecule has 1 fully saturated rings. The minimum atomic E-state index is -0.000391. The Labute approximate surface area is 169 Å². The molecule has 0 saturated carbocycles. The van der Waals surface area contributed by atoms with Gasteiger partial charge in [0.05, 0.1) is 23.8 Å². The van der Waals surface area contributed by atoms with Crippen LogP contribution in [0.3, 0.4) is 0 Å². The fourth-order valence-corrected chi connectivity index (χ4v) is 3.77. The molecule has 0 aliphatic carbocycles. The van der Waals surface area contributed by atoms with E-state index in [4.69, 9.17) is 21.1 Å². The van der Waals surface area contributed by atoms with Gasteiger partial charge in [0.25, 0.3) is 5.91 Å². The van der Waals surface area contributed by atoms with Crippen LogP contribution in [-0.2, 0) is 6.54 Å². The van der Waals surface area contributed by atoms with Crippen LogP contribution in [0.4, 0.5) is 5.82 Å². The van der Waals surface area contributed by atoms with Crippen LogP contribution in [0.2, 0.25) is 5.02 Å². The number of fused-ring (bicyclic) bond motifs is 1. The largest absolute Gasteiger partial charge is 0.490 e. The summed E-state index contributed by atoms with van der Waals surface area (Å²) >= 11 is 6.40. The van der Waals surface area contributed by atoms with Crippen LogP contribution in [0.25, 0.3) is 0 Å². The molecule has 4 rings (SSSR count). The fourth-order valence-electron chi connectivity index (χ4n) is 3.54. The molecule has 1 aromatic carbocycles. The van der Waals surface area contributed by atoms with Crippen molar-refractivity contribution in [3.05, 3.63) is 46.6 Å². The molecule has 0 unspecified atom stereocenters. The first-order valence-corrected chi connectivity index (χ1v) is 10.2. The van der Waals surface area contributed by atoms with Crippen LogP contribution in [0.1, 0.15) is 41.6 Å². The van der Waals surface area contributed by atoms with E-state index in [9.17, 15) is 4.79 Å². The molecule has 1 saturated heterocycles. The molecule has 1 aromatic heterocycles. The summed E-state index contributed by atoms with van der Waals surface area (Å²) in [5.41, 5.74) is 1.51. The zero-order valence-corrected chi connectivity index (χ0v) is 16.5. The number of likely N-dealkylation sites (tertiary alicyclic amines) is 1. The van der Waals surface area contributed by atoms with Crippen molar-refractivity contribution in [1.29, 1.82) is 0 Å². The molecule has 0 radical (unpaired) electrons. The van der Waals surface area contributed by atoms with Crippen molar-refractivity contribution < 1.29 is 14.3 Å². The first-order chi connectivity index (χ1) is 13.7. The number of anilines is 1. The number of benzene rings is 1. The summed E-state index contributed by atoms with van der Waals surface area (Å²) in [7, 11) is 0. The van der Waals surface area contributed by atoms with Crippen molar-refractivity contribution in [2.24, 2.45) is 0 Å². The summed E-state index contributed by atoms with van der Waals surface area (Å²) in [5, 5.41) is 3.67. The van der Waals surface area contributed by atoms with Crippen molar-refractivity contribution in [2.75, 3.05) is 31.6 Å². The maximum absolute atomic E-state index is 12.6. The van der Waals surface area contributed by atoms with Crippen LogP contribution < -0.4 is 14.8 Å². The average molecular weight is 402 g/mol. The minimum absolute atomic E-state index is 0.000391. The van der Waals surface area contributed by atoms with Gasteiger partial charge in [0, 0.05) is 37.8 Å². The van der Waals surface area contributed by atoms with Gasteiger partial charge in [0.1, 0.15) is 5.82 Å². The van der Waals surface area contributed by atoms with Gasteiger partial charge in [-0.3, -0.25) is 4.79 Å². The summed E-state index contributed by atoms with van der Waals surface area (Å²) in [6.07, 6.45) is 5.75. The molecular weight excluding hydrogens is 378 g/mol. The molecule has 1 amide bonds. The second kappa shape index (κ2) is 8.69. The van der Waals surface area contributed by atoms with Gasteiger partial charge in [-0.25, -0.2) is 4.98 Å². The number of rotatable bonds is 4. The molecule has 0 spiro atoms. The number of nitrogens with zero attached hydrogens (tertiary/aromatic N) is 2. The quantitative estimate of drug-likeness (QED) is 0.834. The Balaban J connectivity index is 1.45. The molecule has 2 aliphatic heterocycles. The summed E-state index contributed by atoms with van der Waals surface area (Å²) in [4.78, 5) is 18.9. The second-order valence-corrected chi connectivity index (χ2v) is 7.46. The van der Waals surface area contributed by atoms with E-state index in [0.29, 0.717) is 36.2 Å². The topological polar surface area (TPSA) is 63.7 Å². The molecule has 6 nitrogen and oxygen atoms in total. The zero-order valence-electron chi connectivity index (χ0n) is 15.7. The molecule has 1 N–H and O–H groups in total. The number of aromatic nitrogens is 1. The van der Waals surface area contributed by atoms with Gasteiger partial charge in [0.15, 0.2) is 11.5 Å². The Morgan fingerprint density at radius 2 is 1.96 bits per heavy atom. The van der Waals surface area contributed by atoms with Gasteiger partial charge < -0.3 is 19.7 Å². The van der Waals surface area contributed by atoms with Gasteiger partial charge in [-0.15, -0.1) is 0 Å². The number of carbonyl (C=O) groups excluding carboxylic acids is 1. The highest BCUT2D eigenvalue weighted by Crippen LogP contribution is 2.34. The molecule has 7 heteroatoms. The van der Waals surface area contributed by atoms with Gasteiger partial charge in [0.2, 0.25) is 0 Å². The van der Waals surface area contributed by atoms with Gasteiger partial charge >= 0.3 is 0 Å². The van der Waals surface area contributed by atoms with Crippen LogP contribution in [-0.4, -0.2) is 42.1 Å². The van der Waals surface area contributed by atoms with Gasteiger partial charge in [-0.1, -0.05) is 23.7 Å². The summed E-state index contributed by atoms with van der Waals surface area (Å²) in [5.74, 6) is 2.07. The van der Waals surface area contributed by atoms with Crippen molar-refractivity contribution in [1.82, 2.24) is 9.88 Å². The minimum Gasteiger partial charge on any atom is -0.490 e. The molecular formula is C21H24ClN3O3. The number of amides is 1. The highest BCUT2D eigenvalue weighted by atomic mass is 35.5. The number of halogens is 1. The molecule has 0 atom stereocenters. The standard InChI is InChI=1S/C21H24ClN3O3/c22-17-12-16(21(26)25-8-2-1-3-9-25)14-24-20(17)23-13-15-6-4-7-18-19(15)28-11-5-10-27-18/h4,6-7,12,14H,1-3,5,8-11,13H2,(H,23,24). The van der Waals surface area contributed by atoms with E-state index >= 15 is 0 Å². The van der Waals surface area contributed by atoms with Crippen molar-refractivity contribution in [3.8, 4) is 11.5 Å². The monoisotopic (exact) mass is 401 g/mol. The maximum Gasteiger partial charge on any atom is 0.255 e. The molecule has 28 heavy (non-hydrogen) atoms. The lowest BCUT2D eigenvalue weighted by Gasteiger charge is -2.26. The molecule has 3 heterocycles. The summed E-state index contributed by atoms with van der Waals surface area (Å²) in [6.45, 7) is 3.40. The number of piperidine rings is 1. The lowest BCUT2D eigenvalue weighted by atomic mass is 10.1. The SMILES string of the molecule is O=C(c1cnc(NCc2cccc3c2OCCCO3)c(Cl)c1)N1CCCCC1. The molecule has 0 bridgehead atoms. The third-order valence-electron chi connectivity index (χ3n) is 5.03. The number of nitrogens with one attached hydrogen (secondary N) is 1. The van der Waals surface area contributed by atoms with E-state index < -0.39 is 0 Å². The van der Waals surface area contributed by atoms with Crippen molar-refractivity contribution in [2.45, 2.75) is 32.2 Å². The second-order valence-electron chi connectivity index (χ2n) is 7.06. The summed E-state index contributed by atoms with van der Waals surface area (Å²) in [6, 6.07) is 7.54. The fraction of sp³-hybridized carbons (Fsp3) is 0.429. The van der Waals surface area contributed by atoms with Crippen LogP contribution >= 0.6 is 11.6 Å². The summed E-state index contributed by atoms with van der Waals surface area (Å²) < 4.78 is 11.6. The van der Waals surface area contributed by atoms with Crippen LogP contribution in [0.15, 0.2) is 30.5 Å². The van der Waals surface area contributed by atoms with Crippen LogP contribution in [0.5, 0.6) is 11.5 Å². The predicted molar refractivity (Wildman–Crippen MR) is 108 cm³/mol. The Hall–Kier alpha value is -2.47. The maximum atomic E-state index is 12.6. The Morgan fingerprint density at radius 3 is 2.79 bits per heavy atom. The molecule has 2 aliphatic rings. The highest BCUT2D eigenvalue weighted by Gasteiger charge is 2.20. The van der Waals surface area contributed by atoms with Crippen LogP contribution in [0, 0.1) is 0 Å². The third-order valence-corrected chi connectivity index (χ3v) is 5.32. The van der Waals surface area contributed by atoms with E-state index in [0.717, 1.165) is 49.4 Å². The molecule has 148 valence electrons. The Kier molecular flexibility index (Phi) is 5.86. The number of carbonyl (C=O) groups is 1. The molecule has 2 aromatic rings. The smallest absolute Gasteiger partial charge is 0.255 e. The number of pyridine rings is 1. The average Bonchev–Trinajstić information content (AvgIpc) is 2.99. The highest BCUT2D eigenvalue weighted by molar-refractivity contribution is 6.33. The third kappa shape index (κ3) is 4.17. The van der Waals surface area contributed by atoms with E-state index in [2.05, 4.69) is 10.3 Å². The van der Waals surface area contributed by atoms with E-state index in [-0.39, 0.29) is 5.91 Å². The number of hydrogen-bond acceptors (Lipinski definition) is 5. The predicted octanol–water partition coefficient (Wildman–Crippen LogP) is 4.13. The van der Waals surface area contributed by atoms with Gasteiger partial charge in [-0.05, 0) is 31.4 Å². The van der Waals surface area contributed by atoms with Gasteiger partial charge in [-0.2, -0.15) is 0 Å². The van der Waals surface area contributed by atoms with E-state index in [1.54, 1.807) is 12.3 Å². The lowest BCUT2D eigenvalue weighted by Crippen LogP contribution is -2.35. The number of hydrogen-bond donors (Lipinski definition) is 1.